The molecule has 0 aromatic heterocycles. The zero-order valence-corrected chi connectivity index (χ0v) is 7.08. The van der Waals surface area contributed by atoms with Gasteiger partial charge in [0.2, 0.25) is 0 Å². The van der Waals surface area contributed by atoms with E-state index in [-0.39, 0.29) is 15.2 Å². The van der Waals surface area contributed by atoms with Crippen molar-refractivity contribution in [2.24, 2.45) is 0 Å². The van der Waals surface area contributed by atoms with Gasteiger partial charge in [0.15, 0.2) is 5.82 Å². The third-order valence-corrected chi connectivity index (χ3v) is 2.06. The molecule has 0 unspecified atom stereocenters. The summed E-state index contributed by atoms with van der Waals surface area (Å²) in [6.45, 7) is 0. The topological polar surface area (TPSA) is 20.2 Å². The number of halogens is 3. The van der Waals surface area contributed by atoms with Crippen molar-refractivity contribution >= 4 is 27.5 Å². The van der Waals surface area contributed by atoms with E-state index >= 15 is 0 Å². The lowest BCUT2D eigenvalue weighted by molar-refractivity contribution is 0.464. The van der Waals surface area contributed by atoms with Crippen LogP contribution in [0.2, 0.25) is 5.02 Å². The van der Waals surface area contributed by atoms with E-state index < -0.39 is 5.82 Å². The molecule has 0 radical (unpaired) electrons. The Morgan fingerprint density at radius 2 is 2.10 bits per heavy atom. The Labute approximate surface area is 70.6 Å². The second kappa shape index (κ2) is 2.76. The molecule has 10 heavy (non-hydrogen) atoms. The second-order valence-corrected chi connectivity index (χ2v) is 2.89. The fourth-order valence-electron chi connectivity index (χ4n) is 0.516. The van der Waals surface area contributed by atoms with E-state index in [1.807, 2.05) is 0 Å². The highest BCUT2D eigenvalue weighted by Crippen LogP contribution is 2.30. The molecule has 1 aromatic carbocycles. The standard InChI is InChI=1S/C6H3BrClFO/c7-5-4(10)2-1-3(8)6(5)9/h1-2,10H. The molecular formula is C6H3BrClFO. The van der Waals surface area contributed by atoms with Gasteiger partial charge in [-0.3, -0.25) is 0 Å². The molecule has 0 saturated carbocycles. The first-order chi connectivity index (χ1) is 4.63. The molecule has 1 nitrogen and oxygen atoms in total. The predicted molar refractivity (Wildman–Crippen MR) is 40.8 cm³/mol. The molecule has 0 aliphatic carbocycles. The van der Waals surface area contributed by atoms with Crippen molar-refractivity contribution in [3.8, 4) is 5.75 Å². The third kappa shape index (κ3) is 1.25. The van der Waals surface area contributed by atoms with Crippen molar-refractivity contribution in [3.63, 3.8) is 0 Å². The van der Waals surface area contributed by atoms with Gasteiger partial charge in [0.05, 0.1) is 9.50 Å². The van der Waals surface area contributed by atoms with E-state index in [2.05, 4.69) is 15.9 Å². The molecule has 1 rings (SSSR count). The van der Waals surface area contributed by atoms with Crippen LogP contribution in [0.15, 0.2) is 16.6 Å². The van der Waals surface area contributed by atoms with E-state index in [1.165, 1.54) is 12.1 Å². The molecule has 0 atom stereocenters. The van der Waals surface area contributed by atoms with E-state index in [4.69, 9.17) is 16.7 Å². The van der Waals surface area contributed by atoms with Gasteiger partial charge in [-0.25, -0.2) is 4.39 Å². The summed E-state index contributed by atoms with van der Waals surface area (Å²) in [7, 11) is 0. The first-order valence-electron chi connectivity index (χ1n) is 2.45. The Kier molecular flexibility index (Phi) is 2.16. The van der Waals surface area contributed by atoms with Gasteiger partial charge in [-0.2, -0.15) is 0 Å². The van der Waals surface area contributed by atoms with Gasteiger partial charge < -0.3 is 5.11 Å². The Morgan fingerprint density at radius 1 is 1.50 bits per heavy atom. The van der Waals surface area contributed by atoms with Crippen molar-refractivity contribution in [1.82, 2.24) is 0 Å². The predicted octanol–water partition coefficient (Wildman–Crippen LogP) is 2.95. The SMILES string of the molecule is Oc1ccc(Cl)c(F)c1Br. The van der Waals surface area contributed by atoms with Gasteiger partial charge >= 0.3 is 0 Å². The number of rotatable bonds is 0. The van der Waals surface area contributed by atoms with Crippen molar-refractivity contribution in [3.05, 3.63) is 27.4 Å². The lowest BCUT2D eigenvalue weighted by Gasteiger charge is -1.98. The summed E-state index contributed by atoms with van der Waals surface area (Å²) >= 11 is 8.19. The zero-order chi connectivity index (χ0) is 7.72. The molecule has 54 valence electrons. The molecule has 0 amide bonds. The average Bonchev–Trinajstić information content (AvgIpc) is 1.93. The maximum atomic E-state index is 12.7. The van der Waals surface area contributed by atoms with Crippen LogP contribution in [0.25, 0.3) is 0 Å². The Balaban J connectivity index is 3.34. The molecule has 0 bridgehead atoms. The molecule has 1 N–H and O–H groups in total. The molecule has 4 heteroatoms. The van der Waals surface area contributed by atoms with E-state index in [0.29, 0.717) is 0 Å². The van der Waals surface area contributed by atoms with Gasteiger partial charge in [-0.15, -0.1) is 0 Å². The smallest absolute Gasteiger partial charge is 0.159 e. The number of hydrogen-bond donors (Lipinski definition) is 1. The van der Waals surface area contributed by atoms with Crippen molar-refractivity contribution < 1.29 is 9.50 Å². The molecule has 0 aliphatic rings. The summed E-state index contributed by atoms with van der Waals surface area (Å²) in [6.07, 6.45) is 0. The van der Waals surface area contributed by atoms with Crippen LogP contribution in [0, 0.1) is 5.82 Å². The molecule has 1 aromatic rings. The minimum Gasteiger partial charge on any atom is -0.507 e. The highest BCUT2D eigenvalue weighted by Gasteiger charge is 2.07. The first-order valence-corrected chi connectivity index (χ1v) is 3.62. The minimum atomic E-state index is -0.637. The average molecular weight is 225 g/mol. The maximum Gasteiger partial charge on any atom is 0.159 e. The van der Waals surface area contributed by atoms with Crippen LogP contribution in [0.5, 0.6) is 5.75 Å². The summed E-state index contributed by atoms with van der Waals surface area (Å²) in [5.74, 6) is -0.788. The van der Waals surface area contributed by atoms with Crippen LogP contribution < -0.4 is 0 Å². The summed E-state index contributed by atoms with van der Waals surface area (Å²) in [6, 6.07) is 2.60. The fraction of sp³-hybridized carbons (Fsp3) is 0. The molecule has 0 heterocycles. The van der Waals surface area contributed by atoms with Crippen LogP contribution in [-0.4, -0.2) is 5.11 Å². The van der Waals surface area contributed by atoms with E-state index in [1.54, 1.807) is 0 Å². The van der Waals surface area contributed by atoms with Crippen LogP contribution in [-0.2, 0) is 0 Å². The molecule has 0 aliphatic heterocycles. The van der Waals surface area contributed by atoms with Gasteiger partial charge in [0.1, 0.15) is 5.75 Å². The maximum absolute atomic E-state index is 12.7. The summed E-state index contributed by atoms with van der Waals surface area (Å²) in [5.41, 5.74) is 0. The number of benzene rings is 1. The van der Waals surface area contributed by atoms with E-state index in [0.717, 1.165) is 0 Å². The fourth-order valence-corrected chi connectivity index (χ4v) is 1.13. The van der Waals surface area contributed by atoms with Crippen molar-refractivity contribution in [1.29, 1.82) is 0 Å². The number of aromatic hydroxyl groups is 1. The van der Waals surface area contributed by atoms with Crippen molar-refractivity contribution in [2.75, 3.05) is 0 Å². The summed E-state index contributed by atoms with van der Waals surface area (Å²) < 4.78 is 12.7. The quantitative estimate of drug-likeness (QED) is 0.673. The lowest BCUT2D eigenvalue weighted by Crippen LogP contribution is -1.78. The van der Waals surface area contributed by atoms with Gasteiger partial charge in [0.25, 0.3) is 0 Å². The number of phenols is 1. The van der Waals surface area contributed by atoms with Gasteiger partial charge in [-0.1, -0.05) is 11.6 Å². The Morgan fingerprint density at radius 3 is 2.60 bits per heavy atom. The molecule has 0 spiro atoms. The Hall–Kier alpha value is -0.280. The first kappa shape index (κ1) is 7.82. The Bertz CT molecular complexity index is 237. The molecule has 0 fully saturated rings. The summed E-state index contributed by atoms with van der Waals surface area (Å²) in [4.78, 5) is 0. The van der Waals surface area contributed by atoms with Crippen LogP contribution in [0.4, 0.5) is 4.39 Å². The third-order valence-electron chi connectivity index (χ3n) is 1.01. The number of phenolic OH excluding ortho intramolecular Hbond substituents is 1. The highest BCUT2D eigenvalue weighted by molar-refractivity contribution is 9.10. The monoisotopic (exact) mass is 224 g/mol. The normalized spacial score (nSPS) is 9.90. The molecular weight excluding hydrogens is 222 g/mol. The number of hydrogen-bond acceptors (Lipinski definition) is 1. The lowest BCUT2D eigenvalue weighted by atomic mass is 10.3. The van der Waals surface area contributed by atoms with Crippen LogP contribution in [0.1, 0.15) is 0 Å². The summed E-state index contributed by atoms with van der Waals surface area (Å²) in [5, 5.41) is 8.87. The zero-order valence-electron chi connectivity index (χ0n) is 4.74. The largest absolute Gasteiger partial charge is 0.507 e. The van der Waals surface area contributed by atoms with Crippen LogP contribution in [0.3, 0.4) is 0 Å². The van der Waals surface area contributed by atoms with Crippen LogP contribution >= 0.6 is 27.5 Å². The molecule has 0 saturated heterocycles. The van der Waals surface area contributed by atoms with Gasteiger partial charge in [-0.05, 0) is 28.1 Å². The minimum absolute atomic E-state index is 0.000000000000000222. The van der Waals surface area contributed by atoms with E-state index in [9.17, 15) is 4.39 Å². The second-order valence-electron chi connectivity index (χ2n) is 1.69. The van der Waals surface area contributed by atoms with Crippen molar-refractivity contribution in [2.45, 2.75) is 0 Å². The highest BCUT2D eigenvalue weighted by atomic mass is 79.9. The van der Waals surface area contributed by atoms with Gasteiger partial charge in [0, 0.05) is 0 Å².